The highest BCUT2D eigenvalue weighted by Crippen LogP contribution is 2.35. The lowest BCUT2D eigenvalue weighted by atomic mass is 10.1. The topological polar surface area (TPSA) is 66.9 Å². The molecule has 3 aromatic heterocycles. The van der Waals surface area contributed by atoms with Crippen molar-refractivity contribution in [3.05, 3.63) is 53.2 Å². The molecular weight excluding hydrogens is 388 g/mol. The first-order chi connectivity index (χ1) is 13.4. The lowest BCUT2D eigenvalue weighted by Crippen LogP contribution is -2.43. The van der Waals surface area contributed by atoms with Crippen LogP contribution in [0.5, 0.6) is 0 Å². The SMILES string of the molecule is CC(C)(C)NC(=O)Nc1ccc2nc(-c3cccs3)c(-c3cccs3)nc2c1. The molecule has 0 aliphatic carbocycles. The Morgan fingerprint density at radius 3 is 2.04 bits per heavy atom. The van der Waals surface area contributed by atoms with E-state index in [-0.39, 0.29) is 11.6 Å². The molecule has 0 unspecified atom stereocenters. The number of rotatable bonds is 3. The number of nitrogens with one attached hydrogen (secondary N) is 2. The van der Waals surface area contributed by atoms with Gasteiger partial charge in [0.05, 0.1) is 20.8 Å². The lowest BCUT2D eigenvalue weighted by Gasteiger charge is -2.20. The number of benzene rings is 1. The van der Waals surface area contributed by atoms with Gasteiger partial charge in [-0.3, -0.25) is 0 Å². The highest BCUT2D eigenvalue weighted by molar-refractivity contribution is 7.14. The quantitative estimate of drug-likeness (QED) is 0.436. The standard InChI is InChI=1S/C21H20N4OS2/c1-21(2,3)25-20(26)22-13-8-9-14-15(12-13)24-19(17-7-5-11-28-17)18(23-14)16-6-4-10-27-16/h4-12H,1-3H3,(H2,22,25,26). The Labute approximate surface area is 171 Å². The Hall–Kier alpha value is -2.77. The number of carbonyl (C=O) groups excluding carboxylic acids is 1. The molecule has 3 heterocycles. The Bertz CT molecular complexity index is 1110. The van der Waals surface area contributed by atoms with Gasteiger partial charge < -0.3 is 10.6 Å². The summed E-state index contributed by atoms with van der Waals surface area (Å²) in [5, 5.41) is 9.85. The Morgan fingerprint density at radius 1 is 0.893 bits per heavy atom. The maximum atomic E-state index is 12.2. The highest BCUT2D eigenvalue weighted by atomic mass is 32.1. The van der Waals surface area contributed by atoms with Crippen molar-refractivity contribution in [3.8, 4) is 21.1 Å². The van der Waals surface area contributed by atoms with Crippen molar-refractivity contribution in [2.24, 2.45) is 0 Å². The molecule has 7 heteroatoms. The summed E-state index contributed by atoms with van der Waals surface area (Å²) >= 11 is 3.29. The van der Waals surface area contributed by atoms with Crippen LogP contribution >= 0.6 is 22.7 Å². The molecule has 0 fully saturated rings. The third kappa shape index (κ3) is 4.05. The molecule has 0 spiro atoms. The smallest absolute Gasteiger partial charge is 0.319 e. The van der Waals surface area contributed by atoms with Crippen LogP contribution in [-0.4, -0.2) is 21.5 Å². The third-order valence-electron chi connectivity index (χ3n) is 3.92. The van der Waals surface area contributed by atoms with Crippen LogP contribution in [0.3, 0.4) is 0 Å². The number of thiophene rings is 2. The predicted octanol–water partition coefficient (Wildman–Crippen LogP) is 6.01. The van der Waals surface area contributed by atoms with Crippen molar-refractivity contribution in [3.63, 3.8) is 0 Å². The van der Waals surface area contributed by atoms with Gasteiger partial charge in [-0.05, 0) is 61.9 Å². The Kier molecular flexibility index (Phi) is 4.87. The van der Waals surface area contributed by atoms with Gasteiger partial charge in [0.1, 0.15) is 11.4 Å². The zero-order valence-electron chi connectivity index (χ0n) is 15.8. The van der Waals surface area contributed by atoms with Gasteiger partial charge in [-0.1, -0.05) is 12.1 Å². The van der Waals surface area contributed by atoms with Gasteiger partial charge in [-0.15, -0.1) is 22.7 Å². The van der Waals surface area contributed by atoms with E-state index < -0.39 is 0 Å². The van der Waals surface area contributed by atoms with E-state index in [1.165, 1.54) is 0 Å². The Balaban J connectivity index is 1.75. The van der Waals surface area contributed by atoms with Crippen LogP contribution in [0.4, 0.5) is 10.5 Å². The molecule has 0 atom stereocenters. The maximum absolute atomic E-state index is 12.2. The number of nitrogens with zero attached hydrogens (tertiary/aromatic N) is 2. The van der Waals surface area contributed by atoms with Crippen LogP contribution < -0.4 is 10.6 Å². The molecule has 1 aromatic carbocycles. The first-order valence-electron chi connectivity index (χ1n) is 8.88. The van der Waals surface area contributed by atoms with Crippen molar-refractivity contribution in [1.82, 2.24) is 15.3 Å². The number of amides is 2. The second-order valence-corrected chi connectivity index (χ2v) is 9.30. The van der Waals surface area contributed by atoms with Gasteiger partial charge in [0.15, 0.2) is 0 Å². The van der Waals surface area contributed by atoms with E-state index in [2.05, 4.69) is 22.8 Å². The lowest BCUT2D eigenvalue weighted by molar-refractivity contribution is 0.244. The molecule has 0 aliphatic rings. The molecule has 2 amide bonds. The molecular formula is C21H20N4OS2. The van der Waals surface area contributed by atoms with Gasteiger partial charge in [-0.2, -0.15) is 0 Å². The van der Waals surface area contributed by atoms with E-state index in [0.29, 0.717) is 5.69 Å². The molecule has 0 aliphatic heterocycles. The van der Waals surface area contributed by atoms with E-state index in [9.17, 15) is 4.79 Å². The molecule has 0 radical (unpaired) electrons. The van der Waals surface area contributed by atoms with E-state index in [1.54, 1.807) is 22.7 Å². The average Bonchev–Trinajstić information content (AvgIpc) is 3.32. The van der Waals surface area contributed by atoms with Gasteiger partial charge in [0.25, 0.3) is 0 Å². The van der Waals surface area contributed by atoms with Crippen LogP contribution in [0.1, 0.15) is 20.8 Å². The fourth-order valence-corrected chi connectivity index (χ4v) is 4.23. The first-order valence-corrected chi connectivity index (χ1v) is 10.6. The van der Waals surface area contributed by atoms with E-state index in [0.717, 1.165) is 32.2 Å². The minimum atomic E-state index is -0.303. The van der Waals surface area contributed by atoms with Crippen LogP contribution in [0.15, 0.2) is 53.2 Å². The third-order valence-corrected chi connectivity index (χ3v) is 5.67. The molecule has 4 rings (SSSR count). The normalized spacial score (nSPS) is 11.5. The number of urea groups is 1. The number of anilines is 1. The van der Waals surface area contributed by atoms with Gasteiger partial charge in [0.2, 0.25) is 0 Å². The molecule has 4 aromatic rings. The van der Waals surface area contributed by atoms with Crippen molar-refractivity contribution in [2.75, 3.05) is 5.32 Å². The number of carbonyl (C=O) groups is 1. The summed E-state index contributed by atoms with van der Waals surface area (Å²) in [6.07, 6.45) is 0. The monoisotopic (exact) mass is 408 g/mol. The summed E-state index contributed by atoms with van der Waals surface area (Å²) in [5.74, 6) is 0. The van der Waals surface area contributed by atoms with Crippen molar-refractivity contribution in [1.29, 1.82) is 0 Å². The average molecular weight is 409 g/mol. The number of fused-ring (bicyclic) bond motifs is 1. The fraction of sp³-hybridized carbons (Fsp3) is 0.190. The summed E-state index contributed by atoms with van der Waals surface area (Å²) < 4.78 is 0. The predicted molar refractivity (Wildman–Crippen MR) is 118 cm³/mol. The highest BCUT2D eigenvalue weighted by Gasteiger charge is 2.16. The second-order valence-electron chi connectivity index (χ2n) is 7.41. The van der Waals surface area contributed by atoms with E-state index in [4.69, 9.17) is 9.97 Å². The van der Waals surface area contributed by atoms with Crippen molar-refractivity contribution >= 4 is 45.4 Å². The largest absolute Gasteiger partial charge is 0.333 e. The summed E-state index contributed by atoms with van der Waals surface area (Å²) in [7, 11) is 0. The molecule has 0 saturated heterocycles. The summed E-state index contributed by atoms with van der Waals surface area (Å²) in [4.78, 5) is 24.1. The first kappa shape index (κ1) is 18.6. The minimum absolute atomic E-state index is 0.242. The fourth-order valence-electron chi connectivity index (χ4n) is 2.81. The zero-order chi connectivity index (χ0) is 19.7. The van der Waals surface area contributed by atoms with Gasteiger partial charge in [0, 0.05) is 11.2 Å². The molecule has 0 bridgehead atoms. The van der Waals surface area contributed by atoms with Crippen LogP contribution in [-0.2, 0) is 0 Å². The van der Waals surface area contributed by atoms with Crippen LogP contribution in [0.25, 0.3) is 32.2 Å². The van der Waals surface area contributed by atoms with Gasteiger partial charge in [-0.25, -0.2) is 14.8 Å². The van der Waals surface area contributed by atoms with Crippen LogP contribution in [0, 0.1) is 0 Å². The summed E-state index contributed by atoms with van der Waals surface area (Å²) in [6.45, 7) is 5.83. The number of hydrogen-bond acceptors (Lipinski definition) is 5. The van der Waals surface area contributed by atoms with Crippen molar-refractivity contribution < 1.29 is 4.79 Å². The Morgan fingerprint density at radius 2 is 1.50 bits per heavy atom. The summed E-state index contributed by atoms with van der Waals surface area (Å²) in [5.41, 5.74) is 3.67. The molecule has 5 nitrogen and oxygen atoms in total. The number of hydrogen-bond donors (Lipinski definition) is 2. The minimum Gasteiger partial charge on any atom is -0.333 e. The van der Waals surface area contributed by atoms with Gasteiger partial charge >= 0.3 is 6.03 Å². The van der Waals surface area contributed by atoms with E-state index >= 15 is 0 Å². The second kappa shape index (κ2) is 7.33. The van der Waals surface area contributed by atoms with E-state index in [1.807, 2.05) is 61.9 Å². The summed E-state index contributed by atoms with van der Waals surface area (Å²) in [6, 6.07) is 13.5. The zero-order valence-corrected chi connectivity index (χ0v) is 17.4. The maximum Gasteiger partial charge on any atom is 0.319 e. The van der Waals surface area contributed by atoms with Crippen LogP contribution in [0.2, 0.25) is 0 Å². The molecule has 28 heavy (non-hydrogen) atoms. The molecule has 0 saturated carbocycles. The van der Waals surface area contributed by atoms with Crippen molar-refractivity contribution in [2.45, 2.75) is 26.3 Å². The molecule has 2 N–H and O–H groups in total. The molecule has 142 valence electrons. The number of aromatic nitrogens is 2.